The van der Waals surface area contributed by atoms with Crippen molar-refractivity contribution in [2.45, 2.75) is 12.5 Å². The Morgan fingerprint density at radius 2 is 1.91 bits per heavy atom. The van der Waals surface area contributed by atoms with Crippen molar-refractivity contribution < 1.29 is 27.9 Å². The van der Waals surface area contributed by atoms with E-state index in [1.807, 2.05) is 6.07 Å². The maximum absolute atomic E-state index is 13.5. The molecule has 0 saturated heterocycles. The Hall–Kier alpha value is -4.14. The normalized spacial score (nSPS) is 15.1. The first-order chi connectivity index (χ1) is 16.4. The number of carbonyl (C=O) groups excluding carboxylic acids is 2. The second-order valence-corrected chi connectivity index (χ2v) is 7.76. The van der Waals surface area contributed by atoms with Crippen LogP contribution in [-0.4, -0.2) is 55.2 Å². The number of halogens is 1. The van der Waals surface area contributed by atoms with Crippen LogP contribution >= 0.6 is 0 Å². The highest BCUT2D eigenvalue weighted by Crippen LogP contribution is 2.36. The number of hydrogen-bond donors (Lipinski definition) is 0. The van der Waals surface area contributed by atoms with E-state index in [0.29, 0.717) is 29.2 Å². The van der Waals surface area contributed by atoms with Gasteiger partial charge in [-0.25, -0.2) is 9.40 Å². The highest BCUT2D eigenvalue weighted by molar-refractivity contribution is 6.05. The molecule has 0 spiro atoms. The predicted molar refractivity (Wildman–Crippen MR) is 122 cm³/mol. The molecule has 2 aromatic carbocycles. The van der Waals surface area contributed by atoms with Gasteiger partial charge in [0.1, 0.15) is 23.9 Å². The number of benzene rings is 2. The van der Waals surface area contributed by atoms with E-state index >= 15 is 0 Å². The zero-order chi connectivity index (χ0) is 24.2. The van der Waals surface area contributed by atoms with Crippen molar-refractivity contribution in [2.24, 2.45) is 5.10 Å². The van der Waals surface area contributed by atoms with Crippen LogP contribution in [0.3, 0.4) is 0 Å². The third kappa shape index (κ3) is 4.63. The third-order valence-electron chi connectivity index (χ3n) is 5.59. The number of hydrazone groups is 1. The van der Waals surface area contributed by atoms with Gasteiger partial charge in [0.05, 0.1) is 32.2 Å². The molecule has 2 heterocycles. The Labute approximate surface area is 196 Å². The smallest absolute Gasteiger partial charge is 0.289 e. The number of likely N-dealkylation sites (N-methyl/N-ethyl adjacent to an activating group) is 1. The maximum Gasteiger partial charge on any atom is 0.289 e. The average Bonchev–Trinajstić information content (AvgIpc) is 3.54. The van der Waals surface area contributed by atoms with Crippen molar-refractivity contribution in [1.82, 2.24) is 9.91 Å². The topological polar surface area (TPSA) is 84.6 Å². The van der Waals surface area contributed by atoms with E-state index < -0.39 is 11.9 Å². The summed E-state index contributed by atoms with van der Waals surface area (Å²) in [6.45, 7) is -0.215. The fourth-order valence-electron chi connectivity index (χ4n) is 3.82. The molecule has 0 bridgehead atoms. The molecule has 8 nitrogen and oxygen atoms in total. The molecule has 176 valence electrons. The summed E-state index contributed by atoms with van der Waals surface area (Å²) in [4.78, 5) is 27.1. The molecule has 1 atom stereocenters. The Balaban J connectivity index is 1.64. The van der Waals surface area contributed by atoms with Crippen LogP contribution in [0, 0.1) is 5.82 Å². The van der Waals surface area contributed by atoms with Gasteiger partial charge < -0.3 is 18.8 Å². The van der Waals surface area contributed by atoms with Crippen molar-refractivity contribution in [3.05, 3.63) is 83.6 Å². The minimum absolute atomic E-state index is 0.138. The molecule has 1 aliphatic heterocycles. The number of hydrogen-bond acceptors (Lipinski definition) is 6. The van der Waals surface area contributed by atoms with Crippen molar-refractivity contribution in [1.29, 1.82) is 0 Å². The van der Waals surface area contributed by atoms with Gasteiger partial charge in [-0.1, -0.05) is 12.1 Å². The number of methoxy groups -OCH3 is 2. The third-order valence-corrected chi connectivity index (χ3v) is 5.59. The first kappa shape index (κ1) is 23.0. The van der Waals surface area contributed by atoms with Gasteiger partial charge in [-0.05, 0) is 42.0 Å². The molecule has 2 amide bonds. The van der Waals surface area contributed by atoms with Crippen LogP contribution in [-0.2, 0) is 4.79 Å². The number of carbonyl (C=O) groups is 2. The summed E-state index contributed by atoms with van der Waals surface area (Å²) in [6.07, 6.45) is 1.78. The number of nitrogens with zero attached hydrogens (tertiary/aromatic N) is 3. The molecule has 0 N–H and O–H groups in total. The van der Waals surface area contributed by atoms with Gasteiger partial charge in [0.2, 0.25) is 0 Å². The standard InChI is InChI=1S/C25H24FN3O5/c1-28(25(31)22-5-4-12-34-22)15-24(30)29-21(16-6-8-17(26)9-7-16)14-20(27-29)19-11-10-18(32-2)13-23(19)33-3/h4-13,21H,14-15H2,1-3H3. The van der Waals surface area contributed by atoms with Gasteiger partial charge in [-0.15, -0.1) is 0 Å². The highest BCUT2D eigenvalue weighted by atomic mass is 19.1. The highest BCUT2D eigenvalue weighted by Gasteiger charge is 2.35. The first-order valence-corrected chi connectivity index (χ1v) is 10.6. The summed E-state index contributed by atoms with van der Waals surface area (Å²) in [7, 11) is 4.62. The Bertz CT molecular complexity index is 1210. The van der Waals surface area contributed by atoms with Crippen LogP contribution < -0.4 is 9.47 Å². The van der Waals surface area contributed by atoms with Crippen LogP contribution in [0.15, 0.2) is 70.4 Å². The van der Waals surface area contributed by atoms with E-state index in [0.717, 1.165) is 5.56 Å². The zero-order valence-corrected chi connectivity index (χ0v) is 19.0. The second-order valence-electron chi connectivity index (χ2n) is 7.76. The lowest BCUT2D eigenvalue weighted by Gasteiger charge is -2.24. The van der Waals surface area contributed by atoms with E-state index in [2.05, 4.69) is 5.10 Å². The summed E-state index contributed by atoms with van der Waals surface area (Å²) >= 11 is 0. The summed E-state index contributed by atoms with van der Waals surface area (Å²) in [5.41, 5.74) is 2.06. The van der Waals surface area contributed by atoms with Gasteiger partial charge in [0.25, 0.3) is 11.8 Å². The summed E-state index contributed by atoms with van der Waals surface area (Å²) in [5.74, 6) is 0.132. The molecule has 1 unspecified atom stereocenters. The zero-order valence-electron chi connectivity index (χ0n) is 19.0. The number of furan rings is 1. The molecule has 34 heavy (non-hydrogen) atoms. The first-order valence-electron chi connectivity index (χ1n) is 10.6. The largest absolute Gasteiger partial charge is 0.497 e. The van der Waals surface area contributed by atoms with Crippen LogP contribution in [0.4, 0.5) is 4.39 Å². The second kappa shape index (κ2) is 9.78. The van der Waals surface area contributed by atoms with Crippen LogP contribution in [0.25, 0.3) is 0 Å². The van der Waals surface area contributed by atoms with E-state index in [9.17, 15) is 14.0 Å². The molecular weight excluding hydrogens is 441 g/mol. The molecular formula is C25H24FN3O5. The van der Waals surface area contributed by atoms with E-state index in [1.54, 1.807) is 44.6 Å². The molecule has 9 heteroatoms. The molecule has 1 aromatic heterocycles. The lowest BCUT2D eigenvalue weighted by atomic mass is 9.97. The SMILES string of the molecule is COc1ccc(C2=NN(C(=O)CN(C)C(=O)c3ccco3)C(c3ccc(F)cc3)C2)c(OC)c1. The van der Waals surface area contributed by atoms with Gasteiger partial charge >= 0.3 is 0 Å². The van der Waals surface area contributed by atoms with Crippen LogP contribution in [0.5, 0.6) is 11.5 Å². The predicted octanol–water partition coefficient (Wildman–Crippen LogP) is 3.89. The fraction of sp³-hybridized carbons (Fsp3) is 0.240. The van der Waals surface area contributed by atoms with Crippen LogP contribution in [0.2, 0.25) is 0 Å². The molecule has 4 rings (SSSR count). The van der Waals surface area contributed by atoms with Crippen molar-refractivity contribution in [3.8, 4) is 11.5 Å². The minimum atomic E-state index is -0.470. The van der Waals surface area contributed by atoms with Gasteiger partial charge in [-0.2, -0.15) is 5.10 Å². The number of rotatable bonds is 7. The summed E-state index contributed by atoms with van der Waals surface area (Å²) in [5, 5.41) is 5.95. The minimum Gasteiger partial charge on any atom is -0.497 e. The maximum atomic E-state index is 13.5. The Kier molecular flexibility index (Phi) is 6.62. The Morgan fingerprint density at radius 1 is 1.15 bits per heavy atom. The number of amides is 2. The van der Waals surface area contributed by atoms with E-state index in [4.69, 9.17) is 13.9 Å². The Morgan fingerprint density at radius 3 is 2.56 bits per heavy atom. The molecule has 0 radical (unpaired) electrons. The van der Waals surface area contributed by atoms with Crippen molar-refractivity contribution in [3.63, 3.8) is 0 Å². The van der Waals surface area contributed by atoms with Gasteiger partial charge in [0.15, 0.2) is 5.76 Å². The lowest BCUT2D eigenvalue weighted by Crippen LogP contribution is -2.39. The molecule has 0 saturated carbocycles. The monoisotopic (exact) mass is 465 g/mol. The fourth-order valence-corrected chi connectivity index (χ4v) is 3.82. The quantitative estimate of drug-likeness (QED) is 0.529. The molecule has 0 fully saturated rings. The van der Waals surface area contributed by atoms with E-state index in [-0.39, 0.29) is 24.0 Å². The lowest BCUT2D eigenvalue weighted by molar-refractivity contribution is -0.133. The van der Waals surface area contributed by atoms with Crippen molar-refractivity contribution >= 4 is 17.5 Å². The number of ether oxygens (including phenoxy) is 2. The summed E-state index contributed by atoms with van der Waals surface area (Å²) in [6, 6.07) is 14.0. The van der Waals surface area contributed by atoms with Gasteiger partial charge in [-0.3, -0.25) is 9.59 Å². The average molecular weight is 465 g/mol. The molecule has 1 aliphatic rings. The van der Waals surface area contributed by atoms with Gasteiger partial charge in [0, 0.05) is 25.1 Å². The van der Waals surface area contributed by atoms with Crippen molar-refractivity contribution in [2.75, 3.05) is 27.8 Å². The molecule has 3 aromatic rings. The summed E-state index contributed by atoms with van der Waals surface area (Å²) < 4.78 is 29.5. The van der Waals surface area contributed by atoms with E-state index in [1.165, 1.54) is 41.4 Å². The molecule has 0 aliphatic carbocycles. The van der Waals surface area contributed by atoms with Crippen LogP contribution in [0.1, 0.15) is 34.1 Å².